The van der Waals surface area contributed by atoms with Gasteiger partial charge in [-0.05, 0) is 44.0 Å². The molecule has 132 valence electrons. The summed E-state index contributed by atoms with van der Waals surface area (Å²) in [7, 11) is 0. The Bertz CT molecular complexity index is 750. The van der Waals surface area contributed by atoms with Gasteiger partial charge in [-0.3, -0.25) is 5.41 Å². The number of hydrogen-bond acceptors (Lipinski definition) is 7. The van der Waals surface area contributed by atoms with Crippen LogP contribution in [0.15, 0.2) is 35.8 Å². The number of hydrogen-bond donors (Lipinski definition) is 2. The third-order valence-electron chi connectivity index (χ3n) is 3.37. The predicted octanol–water partition coefficient (Wildman–Crippen LogP) is 3.69. The minimum Gasteiger partial charge on any atom is -0.478 e. The summed E-state index contributed by atoms with van der Waals surface area (Å²) in [5.74, 6) is 1.24. The van der Waals surface area contributed by atoms with Crippen LogP contribution in [0.4, 0.5) is 0 Å². The minimum absolute atomic E-state index is 0.188. The molecule has 0 fully saturated rings. The highest BCUT2D eigenvalue weighted by Crippen LogP contribution is 2.31. The van der Waals surface area contributed by atoms with Crippen LogP contribution < -0.4 is 9.47 Å². The maximum absolute atomic E-state index is 7.64. The summed E-state index contributed by atoms with van der Waals surface area (Å²) in [5, 5.41) is 12.3. The highest BCUT2D eigenvalue weighted by Gasteiger charge is 2.13. The Morgan fingerprint density at radius 3 is 2.60 bits per heavy atom. The number of amidine groups is 1. The lowest BCUT2D eigenvalue weighted by Crippen LogP contribution is -2.21. The Labute approximate surface area is 146 Å². The number of aromatic nitrogens is 2. The first-order chi connectivity index (χ1) is 12.1. The fraction of sp³-hybridized carbons (Fsp3) is 0.353. The number of nitrogens with zero attached hydrogens (tertiary/aromatic N) is 4. The van der Waals surface area contributed by atoms with E-state index in [9.17, 15) is 0 Å². The van der Waals surface area contributed by atoms with E-state index in [1.165, 1.54) is 5.01 Å². The van der Waals surface area contributed by atoms with Gasteiger partial charge in [0, 0.05) is 24.0 Å². The zero-order valence-corrected chi connectivity index (χ0v) is 14.6. The lowest BCUT2D eigenvalue weighted by molar-refractivity contribution is 0.325. The van der Waals surface area contributed by atoms with Crippen LogP contribution in [-0.2, 0) is 6.54 Å². The second-order valence-corrected chi connectivity index (χ2v) is 5.19. The molecule has 0 saturated heterocycles. The molecule has 2 rings (SSSR count). The average Bonchev–Trinajstić information content (AvgIpc) is 2.61. The summed E-state index contributed by atoms with van der Waals surface area (Å²) in [4.78, 5) is 8.56. The van der Waals surface area contributed by atoms with Gasteiger partial charge < -0.3 is 9.47 Å². The first-order valence-corrected chi connectivity index (χ1v) is 8.00. The number of pyridine rings is 2. The smallest absolute Gasteiger partial charge is 0.221 e. The summed E-state index contributed by atoms with van der Waals surface area (Å²) >= 11 is 0. The molecule has 2 aromatic rings. The molecule has 0 aromatic carbocycles. The van der Waals surface area contributed by atoms with E-state index in [4.69, 9.17) is 20.4 Å². The van der Waals surface area contributed by atoms with Gasteiger partial charge in [-0.1, -0.05) is 5.22 Å². The third kappa shape index (κ3) is 4.72. The Hall–Kier alpha value is -3.03. The Morgan fingerprint density at radius 1 is 1.20 bits per heavy atom. The standard InChI is InChI=1S/C17H22N6O2/c1-4-24-16-9-14(6-7-20-16)15-8-13(10-21-17(15)25-5-2)11-23(22-19)12(3)18/h6-10,18-19H,4-5,11H2,1-3H3. The van der Waals surface area contributed by atoms with Crippen LogP contribution in [0.2, 0.25) is 0 Å². The van der Waals surface area contributed by atoms with Crippen molar-refractivity contribution in [1.29, 1.82) is 10.9 Å². The first-order valence-electron chi connectivity index (χ1n) is 8.00. The molecule has 0 unspecified atom stereocenters. The van der Waals surface area contributed by atoms with Crippen molar-refractivity contribution in [2.24, 2.45) is 5.22 Å². The molecule has 0 bridgehead atoms. The lowest BCUT2D eigenvalue weighted by atomic mass is 10.1. The molecular formula is C17H22N6O2. The molecular weight excluding hydrogens is 320 g/mol. The van der Waals surface area contributed by atoms with E-state index in [1.54, 1.807) is 19.3 Å². The van der Waals surface area contributed by atoms with Gasteiger partial charge in [0.15, 0.2) is 0 Å². The summed E-state index contributed by atoms with van der Waals surface area (Å²) in [5.41, 5.74) is 9.67. The Kier molecular flexibility index (Phi) is 6.39. The molecule has 0 aliphatic heterocycles. The molecule has 0 atom stereocenters. The van der Waals surface area contributed by atoms with Crippen molar-refractivity contribution >= 4 is 5.84 Å². The highest BCUT2D eigenvalue weighted by molar-refractivity contribution is 5.76. The van der Waals surface area contributed by atoms with E-state index >= 15 is 0 Å². The predicted molar refractivity (Wildman–Crippen MR) is 93.9 cm³/mol. The van der Waals surface area contributed by atoms with Crippen molar-refractivity contribution in [2.75, 3.05) is 13.2 Å². The van der Waals surface area contributed by atoms with Gasteiger partial charge in [0.1, 0.15) is 5.84 Å². The minimum atomic E-state index is 0.188. The van der Waals surface area contributed by atoms with Crippen LogP contribution >= 0.6 is 0 Å². The monoisotopic (exact) mass is 342 g/mol. The number of ether oxygens (including phenoxy) is 2. The van der Waals surface area contributed by atoms with Crippen LogP contribution in [0.25, 0.3) is 11.1 Å². The van der Waals surface area contributed by atoms with E-state index in [2.05, 4.69) is 15.2 Å². The summed E-state index contributed by atoms with van der Waals surface area (Å²) in [6.07, 6.45) is 3.34. The van der Waals surface area contributed by atoms with Crippen LogP contribution in [0.1, 0.15) is 26.3 Å². The summed E-state index contributed by atoms with van der Waals surface area (Å²) < 4.78 is 11.1. The van der Waals surface area contributed by atoms with Crippen LogP contribution in [0.5, 0.6) is 11.8 Å². The molecule has 0 aliphatic rings. The van der Waals surface area contributed by atoms with E-state index in [0.717, 1.165) is 16.7 Å². The zero-order chi connectivity index (χ0) is 18.2. The van der Waals surface area contributed by atoms with Gasteiger partial charge in [-0.15, -0.1) is 0 Å². The quantitative estimate of drug-likeness (QED) is 0.329. The molecule has 0 spiro atoms. The summed E-state index contributed by atoms with van der Waals surface area (Å²) in [6, 6.07) is 5.62. The maximum Gasteiger partial charge on any atom is 0.221 e. The van der Waals surface area contributed by atoms with E-state index in [1.807, 2.05) is 32.0 Å². The van der Waals surface area contributed by atoms with Crippen molar-refractivity contribution < 1.29 is 9.47 Å². The van der Waals surface area contributed by atoms with Gasteiger partial charge in [0.25, 0.3) is 0 Å². The van der Waals surface area contributed by atoms with Gasteiger partial charge >= 0.3 is 0 Å². The Balaban J connectivity index is 2.42. The molecule has 2 N–H and O–H groups in total. The van der Waals surface area contributed by atoms with Crippen molar-refractivity contribution in [1.82, 2.24) is 15.0 Å². The van der Waals surface area contributed by atoms with E-state index < -0.39 is 0 Å². The molecule has 8 nitrogen and oxygen atoms in total. The second-order valence-electron chi connectivity index (χ2n) is 5.19. The van der Waals surface area contributed by atoms with Gasteiger partial charge in [0.2, 0.25) is 11.8 Å². The molecule has 0 saturated carbocycles. The van der Waals surface area contributed by atoms with Crippen LogP contribution in [0, 0.1) is 10.9 Å². The lowest BCUT2D eigenvalue weighted by Gasteiger charge is -2.16. The summed E-state index contributed by atoms with van der Waals surface area (Å²) in [6.45, 7) is 6.70. The maximum atomic E-state index is 7.64. The van der Waals surface area contributed by atoms with Gasteiger partial charge in [0.05, 0.1) is 19.8 Å². The normalized spacial score (nSPS) is 10.2. The largest absolute Gasteiger partial charge is 0.478 e. The fourth-order valence-electron chi connectivity index (χ4n) is 2.25. The molecule has 25 heavy (non-hydrogen) atoms. The Morgan fingerprint density at radius 2 is 1.96 bits per heavy atom. The van der Waals surface area contributed by atoms with Gasteiger partial charge in [-0.25, -0.2) is 15.0 Å². The van der Waals surface area contributed by atoms with Crippen molar-refractivity contribution in [3.8, 4) is 22.9 Å². The first kappa shape index (κ1) is 18.3. The zero-order valence-electron chi connectivity index (χ0n) is 14.6. The van der Waals surface area contributed by atoms with E-state index in [-0.39, 0.29) is 12.4 Å². The molecule has 8 heteroatoms. The second kappa shape index (κ2) is 8.72. The average molecular weight is 342 g/mol. The molecule has 0 aliphatic carbocycles. The van der Waals surface area contributed by atoms with Crippen molar-refractivity contribution in [3.05, 3.63) is 36.2 Å². The SMILES string of the molecule is CCOc1cc(-c2cc(CN(N=N)C(C)=N)cnc2OCC)ccn1. The van der Waals surface area contributed by atoms with Crippen LogP contribution in [0.3, 0.4) is 0 Å². The molecule has 2 heterocycles. The topological polar surface area (TPSA) is 108 Å². The van der Waals surface area contributed by atoms with Crippen molar-refractivity contribution in [3.63, 3.8) is 0 Å². The fourth-order valence-corrected chi connectivity index (χ4v) is 2.25. The van der Waals surface area contributed by atoms with Gasteiger partial charge in [-0.2, -0.15) is 5.53 Å². The van der Waals surface area contributed by atoms with E-state index in [0.29, 0.717) is 25.0 Å². The molecule has 2 aromatic heterocycles. The highest BCUT2D eigenvalue weighted by atomic mass is 16.5. The van der Waals surface area contributed by atoms with Crippen molar-refractivity contribution in [2.45, 2.75) is 27.3 Å². The van der Waals surface area contributed by atoms with Crippen LogP contribution in [-0.4, -0.2) is 34.0 Å². The third-order valence-corrected chi connectivity index (χ3v) is 3.37. The number of nitrogens with one attached hydrogen (secondary N) is 2. The molecule has 0 radical (unpaired) electrons. The molecule has 0 amide bonds. The number of rotatable bonds is 8.